The van der Waals surface area contributed by atoms with Gasteiger partial charge < -0.3 is 5.11 Å². The van der Waals surface area contributed by atoms with Gasteiger partial charge in [-0.05, 0) is 19.1 Å². The third-order valence-corrected chi connectivity index (χ3v) is 3.78. The molecule has 0 aliphatic rings. The molecule has 1 aromatic carbocycles. The molecule has 0 aliphatic carbocycles. The highest BCUT2D eigenvalue weighted by molar-refractivity contribution is 7.15. The number of carboxylic acids is 1. The molecule has 1 N–H and O–H groups in total. The summed E-state index contributed by atoms with van der Waals surface area (Å²) in [4.78, 5) is 16.4. The number of hydrogen-bond acceptors (Lipinski definition) is 3. The summed E-state index contributed by atoms with van der Waals surface area (Å²) in [7, 11) is 0. The van der Waals surface area contributed by atoms with Crippen molar-refractivity contribution in [1.29, 1.82) is 0 Å². The van der Waals surface area contributed by atoms with Crippen LogP contribution in [0, 0.1) is 6.92 Å². The second kappa shape index (κ2) is 3.96. The van der Waals surface area contributed by atoms with Crippen LogP contribution >= 0.6 is 11.3 Å². The Bertz CT molecular complexity index is 725. The lowest BCUT2D eigenvalue weighted by molar-refractivity contribution is 0.0697. The van der Waals surface area contributed by atoms with Gasteiger partial charge in [0.15, 0.2) is 0 Å². The van der Waals surface area contributed by atoms with Crippen molar-refractivity contribution in [1.82, 2.24) is 9.38 Å². The van der Waals surface area contributed by atoms with Crippen molar-refractivity contribution in [2.45, 2.75) is 6.92 Å². The number of nitrogens with zero attached hydrogens (tertiary/aromatic N) is 2. The maximum atomic E-state index is 10.8. The van der Waals surface area contributed by atoms with Crippen LogP contribution < -0.4 is 0 Å². The number of thiazole rings is 1. The van der Waals surface area contributed by atoms with Gasteiger partial charge in [-0.25, -0.2) is 9.78 Å². The van der Waals surface area contributed by atoms with Gasteiger partial charge in [-0.15, -0.1) is 11.3 Å². The lowest BCUT2D eigenvalue weighted by atomic mass is 10.1. The highest BCUT2D eigenvalue weighted by atomic mass is 32.1. The topological polar surface area (TPSA) is 54.6 Å². The third kappa shape index (κ3) is 1.60. The Labute approximate surface area is 107 Å². The zero-order valence-electron chi connectivity index (χ0n) is 9.62. The van der Waals surface area contributed by atoms with Crippen LogP contribution in [0.4, 0.5) is 0 Å². The second-order valence-electron chi connectivity index (χ2n) is 3.98. The Balaban J connectivity index is 2.14. The van der Waals surface area contributed by atoms with E-state index in [0.717, 1.165) is 21.9 Å². The van der Waals surface area contributed by atoms with Crippen LogP contribution in [0.2, 0.25) is 0 Å². The van der Waals surface area contributed by atoms with E-state index in [1.807, 2.05) is 22.9 Å². The maximum absolute atomic E-state index is 10.8. The van der Waals surface area contributed by atoms with Crippen LogP contribution in [0.15, 0.2) is 35.8 Å². The first-order valence-electron chi connectivity index (χ1n) is 5.42. The molecule has 0 aliphatic heterocycles. The van der Waals surface area contributed by atoms with E-state index in [9.17, 15) is 4.79 Å². The standard InChI is InChI=1S/C13H10N2O2S/c1-8-12-15(6-7-18-12)11(14-8)9-2-4-10(5-3-9)13(16)17/h2-7H,1H3,(H,16,17). The largest absolute Gasteiger partial charge is 0.478 e. The molecule has 0 unspecified atom stereocenters. The number of aromatic nitrogens is 2. The number of imidazole rings is 1. The van der Waals surface area contributed by atoms with Gasteiger partial charge in [0.05, 0.1) is 11.3 Å². The Morgan fingerprint density at radius 3 is 2.72 bits per heavy atom. The molecule has 90 valence electrons. The van der Waals surface area contributed by atoms with Crippen LogP contribution in [-0.2, 0) is 0 Å². The molecule has 0 fully saturated rings. The Morgan fingerprint density at radius 1 is 1.33 bits per heavy atom. The van der Waals surface area contributed by atoms with E-state index in [0.29, 0.717) is 0 Å². The van der Waals surface area contributed by atoms with Gasteiger partial charge in [0, 0.05) is 17.1 Å². The lowest BCUT2D eigenvalue weighted by Gasteiger charge is -1.99. The fraction of sp³-hybridized carbons (Fsp3) is 0.0769. The molecular formula is C13H10N2O2S. The van der Waals surface area contributed by atoms with E-state index < -0.39 is 5.97 Å². The van der Waals surface area contributed by atoms with Crippen molar-refractivity contribution in [3.8, 4) is 11.4 Å². The van der Waals surface area contributed by atoms with Gasteiger partial charge >= 0.3 is 5.97 Å². The SMILES string of the molecule is Cc1nc(-c2ccc(C(=O)O)cc2)n2ccsc12. The van der Waals surface area contributed by atoms with E-state index in [2.05, 4.69) is 4.98 Å². The van der Waals surface area contributed by atoms with E-state index >= 15 is 0 Å². The van der Waals surface area contributed by atoms with Crippen molar-refractivity contribution >= 4 is 22.1 Å². The normalized spacial score (nSPS) is 10.9. The molecule has 18 heavy (non-hydrogen) atoms. The summed E-state index contributed by atoms with van der Waals surface area (Å²) in [6.07, 6.45) is 1.97. The molecule has 3 aromatic rings. The lowest BCUT2D eigenvalue weighted by Crippen LogP contribution is -1.95. The Kier molecular flexibility index (Phi) is 2.41. The summed E-state index contributed by atoms with van der Waals surface area (Å²) in [6, 6.07) is 6.77. The predicted octanol–water partition coefficient (Wildman–Crippen LogP) is 3.07. The number of aryl methyl sites for hydroxylation is 1. The van der Waals surface area contributed by atoms with Crippen LogP contribution in [0.1, 0.15) is 16.1 Å². The van der Waals surface area contributed by atoms with Crippen molar-refractivity contribution in [2.24, 2.45) is 0 Å². The number of hydrogen-bond donors (Lipinski definition) is 1. The fourth-order valence-electron chi connectivity index (χ4n) is 1.93. The predicted molar refractivity (Wildman–Crippen MR) is 70.2 cm³/mol. The van der Waals surface area contributed by atoms with Gasteiger partial charge in [0.25, 0.3) is 0 Å². The Morgan fingerprint density at radius 2 is 2.06 bits per heavy atom. The van der Waals surface area contributed by atoms with E-state index in [1.165, 1.54) is 0 Å². The van der Waals surface area contributed by atoms with E-state index in [1.54, 1.807) is 35.6 Å². The van der Waals surface area contributed by atoms with Gasteiger partial charge in [-0.2, -0.15) is 0 Å². The summed E-state index contributed by atoms with van der Waals surface area (Å²) in [5, 5.41) is 10.9. The molecule has 0 bridgehead atoms. The molecule has 3 rings (SSSR count). The monoisotopic (exact) mass is 258 g/mol. The first-order chi connectivity index (χ1) is 8.66. The summed E-state index contributed by atoms with van der Waals surface area (Å²) in [6.45, 7) is 1.97. The number of carbonyl (C=O) groups is 1. The zero-order valence-corrected chi connectivity index (χ0v) is 10.4. The maximum Gasteiger partial charge on any atom is 0.335 e. The van der Waals surface area contributed by atoms with Crippen molar-refractivity contribution in [3.05, 3.63) is 47.1 Å². The zero-order chi connectivity index (χ0) is 12.7. The molecule has 5 heteroatoms. The summed E-state index contributed by atoms with van der Waals surface area (Å²) in [5.74, 6) is -0.0674. The number of benzene rings is 1. The molecule has 0 saturated heterocycles. The summed E-state index contributed by atoms with van der Waals surface area (Å²) >= 11 is 1.64. The van der Waals surface area contributed by atoms with Gasteiger partial charge in [0.2, 0.25) is 0 Å². The molecule has 0 amide bonds. The van der Waals surface area contributed by atoms with Crippen LogP contribution in [-0.4, -0.2) is 20.5 Å². The first kappa shape index (κ1) is 11.0. The highest BCUT2D eigenvalue weighted by Crippen LogP contribution is 2.25. The summed E-state index contributed by atoms with van der Waals surface area (Å²) < 4.78 is 2.02. The molecule has 2 aromatic heterocycles. The summed E-state index contributed by atoms with van der Waals surface area (Å²) in [5.41, 5.74) is 2.19. The minimum absolute atomic E-state index is 0.286. The second-order valence-corrected chi connectivity index (χ2v) is 4.88. The minimum atomic E-state index is -0.915. The van der Waals surface area contributed by atoms with Crippen LogP contribution in [0.25, 0.3) is 16.2 Å². The molecule has 0 atom stereocenters. The number of fused-ring (bicyclic) bond motifs is 1. The average Bonchev–Trinajstić information content (AvgIpc) is 2.94. The smallest absolute Gasteiger partial charge is 0.335 e. The highest BCUT2D eigenvalue weighted by Gasteiger charge is 2.11. The van der Waals surface area contributed by atoms with Crippen molar-refractivity contribution in [3.63, 3.8) is 0 Å². The van der Waals surface area contributed by atoms with Crippen LogP contribution in [0.5, 0.6) is 0 Å². The molecular weight excluding hydrogens is 248 g/mol. The Hall–Kier alpha value is -2.14. The molecule has 2 heterocycles. The average molecular weight is 258 g/mol. The van der Waals surface area contributed by atoms with Gasteiger partial charge in [-0.3, -0.25) is 4.40 Å². The van der Waals surface area contributed by atoms with E-state index in [-0.39, 0.29) is 5.56 Å². The molecule has 0 spiro atoms. The van der Waals surface area contributed by atoms with Gasteiger partial charge in [0.1, 0.15) is 10.7 Å². The first-order valence-corrected chi connectivity index (χ1v) is 6.30. The third-order valence-electron chi connectivity index (χ3n) is 2.81. The van der Waals surface area contributed by atoms with Gasteiger partial charge in [-0.1, -0.05) is 12.1 Å². The minimum Gasteiger partial charge on any atom is -0.478 e. The van der Waals surface area contributed by atoms with Crippen LogP contribution in [0.3, 0.4) is 0 Å². The molecule has 0 saturated carbocycles. The fourth-order valence-corrected chi connectivity index (χ4v) is 2.72. The van der Waals surface area contributed by atoms with E-state index in [4.69, 9.17) is 5.11 Å². The molecule has 0 radical (unpaired) electrons. The van der Waals surface area contributed by atoms with Crippen molar-refractivity contribution < 1.29 is 9.90 Å². The number of rotatable bonds is 2. The van der Waals surface area contributed by atoms with Crippen molar-refractivity contribution in [2.75, 3.05) is 0 Å². The quantitative estimate of drug-likeness (QED) is 0.768. The molecule has 4 nitrogen and oxygen atoms in total. The number of carboxylic acid groups (broad SMARTS) is 1. The number of aromatic carboxylic acids is 1.